The highest BCUT2D eigenvalue weighted by molar-refractivity contribution is 8.10. The van der Waals surface area contributed by atoms with Gasteiger partial charge in [-0.05, 0) is 42.0 Å². The fourth-order valence-corrected chi connectivity index (χ4v) is 7.09. The molecule has 0 N–H and O–H groups in total. The molecule has 0 radical (unpaired) electrons. The van der Waals surface area contributed by atoms with Crippen LogP contribution in [0.15, 0.2) is 101 Å². The number of rotatable bonds is 8. The molecule has 0 saturated heterocycles. The quantitative estimate of drug-likeness (QED) is 0.488. The lowest BCUT2D eigenvalue weighted by Crippen LogP contribution is -2.42. The molecule has 0 heterocycles. The summed E-state index contributed by atoms with van der Waals surface area (Å²) in [5.74, 6) is 0.558. The zero-order valence-corrected chi connectivity index (χ0v) is 18.3. The van der Waals surface area contributed by atoms with Gasteiger partial charge in [-0.1, -0.05) is 60.7 Å². The van der Waals surface area contributed by atoms with Crippen LogP contribution in [0.25, 0.3) is 6.08 Å². The van der Waals surface area contributed by atoms with Gasteiger partial charge in [-0.25, -0.2) is 21.2 Å². The Balaban J connectivity index is 2.10. The molecule has 0 amide bonds. The minimum Gasteiger partial charge on any atom is -0.497 e. The number of ether oxygens (including phenoxy) is 1. The number of sulfone groups is 2. The first-order chi connectivity index (χ1) is 14.7. The zero-order chi connectivity index (χ0) is 22.5. The van der Waals surface area contributed by atoms with Gasteiger partial charge in [-0.15, -0.1) is 0 Å². The normalized spacial score (nSPS) is 12.7. The molecule has 0 unspecified atom stereocenters. The molecule has 8 heteroatoms. The lowest BCUT2D eigenvalue weighted by molar-refractivity contribution is 0.358. The van der Waals surface area contributed by atoms with Crippen LogP contribution >= 0.6 is 0 Å². The molecular formula is C23H21FO5S2. The Bertz CT molecular complexity index is 1200. The van der Waals surface area contributed by atoms with Crippen molar-refractivity contribution >= 4 is 25.8 Å². The van der Waals surface area contributed by atoms with Gasteiger partial charge in [-0.2, -0.15) is 0 Å². The summed E-state index contributed by atoms with van der Waals surface area (Å²) in [6.45, 7) is 0. The number of hydrogen-bond acceptors (Lipinski definition) is 5. The molecule has 3 aromatic rings. The second-order valence-corrected chi connectivity index (χ2v) is 11.2. The Morgan fingerprint density at radius 3 is 1.81 bits per heavy atom. The number of methoxy groups -OCH3 is 1. The molecular weight excluding hydrogens is 439 g/mol. The van der Waals surface area contributed by atoms with Crippen LogP contribution in [0.3, 0.4) is 0 Å². The Morgan fingerprint density at radius 1 is 0.806 bits per heavy atom. The highest BCUT2D eigenvalue weighted by Crippen LogP contribution is 2.40. The van der Waals surface area contributed by atoms with Crippen molar-refractivity contribution in [2.24, 2.45) is 0 Å². The summed E-state index contributed by atoms with van der Waals surface area (Å²) in [6, 6.07) is 20.3. The van der Waals surface area contributed by atoms with Gasteiger partial charge in [0.25, 0.3) is 0 Å². The molecule has 0 aliphatic rings. The molecule has 0 bridgehead atoms. The molecule has 0 aromatic heterocycles. The summed E-state index contributed by atoms with van der Waals surface area (Å²) >= 11 is 0. The van der Waals surface area contributed by atoms with Crippen LogP contribution in [0.2, 0.25) is 0 Å². The molecule has 0 atom stereocenters. The molecule has 3 rings (SSSR count). The number of alkyl halides is 1. The summed E-state index contributed by atoms with van der Waals surface area (Å²) in [5.41, 5.74) is 0.607. The zero-order valence-electron chi connectivity index (χ0n) is 16.7. The van der Waals surface area contributed by atoms with Crippen molar-refractivity contribution in [2.45, 2.75) is 20.5 Å². The Hall–Kier alpha value is -2.97. The number of halogens is 1. The van der Waals surface area contributed by atoms with Crippen LogP contribution in [0.4, 0.5) is 4.39 Å². The van der Waals surface area contributed by atoms with Gasteiger partial charge in [0.1, 0.15) is 5.75 Å². The number of benzene rings is 3. The van der Waals surface area contributed by atoms with Crippen molar-refractivity contribution in [3.8, 4) is 5.75 Å². The van der Waals surface area contributed by atoms with Crippen LogP contribution in [0.5, 0.6) is 5.75 Å². The summed E-state index contributed by atoms with van der Waals surface area (Å²) in [4.78, 5) is -0.821. The van der Waals surface area contributed by atoms with Crippen molar-refractivity contribution in [3.05, 3.63) is 96.6 Å². The van der Waals surface area contributed by atoms with Crippen LogP contribution in [0, 0.1) is 0 Å². The van der Waals surface area contributed by atoms with E-state index < -0.39 is 40.2 Å². The first-order valence-corrected chi connectivity index (χ1v) is 12.3. The second kappa shape index (κ2) is 9.03. The molecule has 0 spiro atoms. The predicted molar refractivity (Wildman–Crippen MR) is 118 cm³/mol. The fraction of sp³-hybridized carbons (Fsp3) is 0.130. The van der Waals surface area contributed by atoms with Gasteiger partial charge < -0.3 is 4.74 Å². The molecule has 3 aromatic carbocycles. The van der Waals surface area contributed by atoms with Gasteiger partial charge in [-0.3, -0.25) is 0 Å². The van der Waals surface area contributed by atoms with Crippen molar-refractivity contribution in [1.82, 2.24) is 0 Å². The Morgan fingerprint density at radius 2 is 1.32 bits per heavy atom. The first-order valence-electron chi connectivity index (χ1n) is 9.31. The lowest BCUT2D eigenvalue weighted by atomic mass is 10.2. The van der Waals surface area contributed by atoms with E-state index in [2.05, 4.69) is 0 Å². The molecule has 162 valence electrons. The summed E-state index contributed by atoms with van der Waals surface area (Å²) in [5, 5.41) is 0. The van der Waals surface area contributed by atoms with E-state index in [1.54, 1.807) is 36.4 Å². The Labute approximate surface area is 181 Å². The van der Waals surface area contributed by atoms with Gasteiger partial charge in [0, 0.05) is 6.42 Å². The van der Waals surface area contributed by atoms with E-state index in [0.29, 0.717) is 11.3 Å². The maximum Gasteiger partial charge on any atom is 0.321 e. The topological polar surface area (TPSA) is 77.5 Å². The largest absolute Gasteiger partial charge is 0.497 e. The average Bonchev–Trinajstić information content (AvgIpc) is 2.80. The van der Waals surface area contributed by atoms with E-state index in [1.807, 2.05) is 0 Å². The molecule has 0 saturated carbocycles. The van der Waals surface area contributed by atoms with Crippen molar-refractivity contribution in [3.63, 3.8) is 0 Å². The van der Waals surface area contributed by atoms with Crippen LogP contribution in [-0.2, 0) is 19.7 Å². The SMILES string of the molecule is COc1cccc(/C=C/CC(F)(S(=O)(=O)c2ccccc2)S(=O)(=O)c2ccccc2)c1. The predicted octanol–water partition coefficient (Wildman–Crippen LogP) is 4.67. The standard InChI is InChI=1S/C23H21FO5S2/c1-29-20-12-8-10-19(18-20)11-9-17-23(24,30(25,26)21-13-4-2-5-14-21)31(27,28)22-15-6-3-7-16-22/h2-16,18H,17H2,1H3/b11-9+. The smallest absolute Gasteiger partial charge is 0.321 e. The van der Waals surface area contributed by atoms with E-state index in [-0.39, 0.29) is 0 Å². The monoisotopic (exact) mass is 460 g/mol. The van der Waals surface area contributed by atoms with Crippen LogP contribution in [0.1, 0.15) is 12.0 Å². The van der Waals surface area contributed by atoms with Crippen molar-refractivity contribution in [2.75, 3.05) is 7.11 Å². The van der Waals surface area contributed by atoms with Crippen molar-refractivity contribution in [1.29, 1.82) is 0 Å². The van der Waals surface area contributed by atoms with Crippen LogP contribution < -0.4 is 4.74 Å². The van der Waals surface area contributed by atoms with Gasteiger partial charge in [0.05, 0.1) is 16.9 Å². The molecule has 0 aliphatic carbocycles. The third-order valence-corrected chi connectivity index (χ3v) is 9.72. The molecule has 0 aliphatic heterocycles. The van der Waals surface area contributed by atoms with Gasteiger partial charge >= 0.3 is 4.33 Å². The third kappa shape index (κ3) is 4.40. The van der Waals surface area contributed by atoms with Gasteiger partial charge in [0.15, 0.2) is 0 Å². The summed E-state index contributed by atoms with van der Waals surface area (Å²) in [6.07, 6.45) is 1.77. The van der Waals surface area contributed by atoms with E-state index in [4.69, 9.17) is 4.74 Å². The molecule has 5 nitrogen and oxygen atoms in total. The van der Waals surface area contributed by atoms with E-state index in [1.165, 1.54) is 67.8 Å². The third-order valence-electron chi connectivity index (χ3n) is 4.68. The van der Waals surface area contributed by atoms with Crippen molar-refractivity contribution < 1.29 is 26.0 Å². The first kappa shape index (κ1) is 22.7. The Kier molecular flexibility index (Phi) is 6.62. The minimum atomic E-state index is -4.90. The van der Waals surface area contributed by atoms with Gasteiger partial charge in [0.2, 0.25) is 19.7 Å². The highest BCUT2D eigenvalue weighted by atomic mass is 32.3. The highest BCUT2D eigenvalue weighted by Gasteiger charge is 2.56. The van der Waals surface area contributed by atoms with E-state index in [0.717, 1.165) is 0 Å². The number of allylic oxidation sites excluding steroid dienone is 1. The maximum atomic E-state index is 16.3. The maximum absolute atomic E-state index is 16.3. The summed E-state index contributed by atoms with van der Waals surface area (Å²) in [7, 11) is -8.31. The van der Waals surface area contributed by atoms with Crippen LogP contribution in [-0.4, -0.2) is 28.3 Å². The second-order valence-electron chi connectivity index (χ2n) is 6.68. The van der Waals surface area contributed by atoms with E-state index in [9.17, 15) is 16.8 Å². The molecule has 31 heavy (non-hydrogen) atoms. The molecule has 0 fully saturated rings. The fourth-order valence-electron chi connectivity index (χ4n) is 3.00. The average molecular weight is 461 g/mol. The minimum absolute atomic E-state index is 0.410. The summed E-state index contributed by atoms with van der Waals surface area (Å²) < 4.78 is 70.7. The lowest BCUT2D eigenvalue weighted by Gasteiger charge is -2.24. The van der Waals surface area contributed by atoms with E-state index >= 15 is 4.39 Å². The number of hydrogen-bond donors (Lipinski definition) is 0.